The van der Waals surface area contributed by atoms with Crippen molar-refractivity contribution in [2.24, 2.45) is 0 Å². The van der Waals surface area contributed by atoms with Crippen LogP contribution >= 0.6 is 15.9 Å². The predicted molar refractivity (Wildman–Crippen MR) is 143 cm³/mol. The van der Waals surface area contributed by atoms with Crippen LogP contribution < -0.4 is 10.1 Å². The van der Waals surface area contributed by atoms with E-state index in [2.05, 4.69) is 28.2 Å². The fourth-order valence-corrected chi connectivity index (χ4v) is 4.35. The summed E-state index contributed by atoms with van der Waals surface area (Å²) in [6.45, 7) is 4.46. The van der Waals surface area contributed by atoms with Gasteiger partial charge in [0.05, 0.1) is 4.47 Å². The van der Waals surface area contributed by atoms with E-state index in [-0.39, 0.29) is 30.8 Å². The molecule has 1 N–H and O–H groups in total. The topological polar surface area (TPSA) is 58.6 Å². The number of ether oxygens (including phenoxy) is 1. The molecular formula is C29H32BrFN2O3. The Bertz CT molecular complexity index is 1140. The van der Waals surface area contributed by atoms with E-state index in [9.17, 15) is 14.0 Å². The first-order chi connectivity index (χ1) is 17.4. The molecule has 0 radical (unpaired) electrons. The summed E-state index contributed by atoms with van der Waals surface area (Å²) in [4.78, 5) is 28.4. The molecule has 0 saturated heterocycles. The van der Waals surface area contributed by atoms with Crippen LogP contribution in [0.5, 0.6) is 5.75 Å². The van der Waals surface area contributed by atoms with Gasteiger partial charge in [-0.05, 0) is 69.7 Å². The first kappa shape index (κ1) is 27.4. The Morgan fingerprint density at radius 1 is 0.972 bits per heavy atom. The molecule has 0 aliphatic carbocycles. The second-order valence-corrected chi connectivity index (χ2v) is 9.41. The molecule has 0 aromatic heterocycles. The van der Waals surface area contributed by atoms with Gasteiger partial charge in [0.2, 0.25) is 5.91 Å². The van der Waals surface area contributed by atoms with Gasteiger partial charge in [-0.2, -0.15) is 0 Å². The molecule has 0 bridgehead atoms. The molecule has 0 heterocycles. The van der Waals surface area contributed by atoms with E-state index in [1.807, 2.05) is 55.5 Å². The van der Waals surface area contributed by atoms with Crippen LogP contribution in [0.4, 0.5) is 4.39 Å². The first-order valence-electron chi connectivity index (χ1n) is 12.2. The molecule has 3 rings (SSSR count). The van der Waals surface area contributed by atoms with Gasteiger partial charge >= 0.3 is 0 Å². The Kier molecular flexibility index (Phi) is 10.5. The lowest BCUT2D eigenvalue weighted by atomic mass is 10.0. The van der Waals surface area contributed by atoms with Gasteiger partial charge in [0.25, 0.3) is 5.91 Å². The summed E-state index contributed by atoms with van der Waals surface area (Å²) in [5.74, 6) is -0.373. The van der Waals surface area contributed by atoms with Gasteiger partial charge in [-0.1, -0.05) is 62.4 Å². The second kappa shape index (κ2) is 13.8. The van der Waals surface area contributed by atoms with Gasteiger partial charge in [0.15, 0.2) is 6.61 Å². The zero-order chi connectivity index (χ0) is 25.9. The molecule has 190 valence electrons. The Hall–Kier alpha value is -3.19. The average molecular weight is 555 g/mol. The van der Waals surface area contributed by atoms with E-state index >= 15 is 0 Å². The molecule has 0 spiro atoms. The first-order valence-corrected chi connectivity index (χ1v) is 13.0. The maximum absolute atomic E-state index is 13.6. The number of rotatable bonds is 12. The van der Waals surface area contributed by atoms with E-state index in [0.29, 0.717) is 18.7 Å². The number of hydrogen-bond donors (Lipinski definition) is 1. The van der Waals surface area contributed by atoms with Gasteiger partial charge < -0.3 is 15.0 Å². The van der Waals surface area contributed by atoms with Crippen molar-refractivity contribution in [1.29, 1.82) is 0 Å². The van der Waals surface area contributed by atoms with Crippen molar-refractivity contribution in [3.05, 3.63) is 99.8 Å². The second-order valence-electron chi connectivity index (χ2n) is 8.55. The summed E-state index contributed by atoms with van der Waals surface area (Å²) < 4.78 is 20.2. The molecule has 0 aliphatic heterocycles. The summed E-state index contributed by atoms with van der Waals surface area (Å²) in [6, 6.07) is 20.5. The maximum atomic E-state index is 13.6. The van der Waals surface area contributed by atoms with Crippen LogP contribution in [0.25, 0.3) is 0 Å². The molecule has 2 amide bonds. The van der Waals surface area contributed by atoms with Crippen molar-refractivity contribution in [2.75, 3.05) is 13.2 Å². The molecule has 0 unspecified atom stereocenters. The molecule has 1 atom stereocenters. The molecule has 7 heteroatoms. The third kappa shape index (κ3) is 7.92. The normalized spacial score (nSPS) is 11.6. The van der Waals surface area contributed by atoms with Crippen LogP contribution in [0.1, 0.15) is 37.0 Å². The molecule has 5 nitrogen and oxygen atoms in total. The third-order valence-corrected chi connectivity index (χ3v) is 6.46. The molecule has 36 heavy (non-hydrogen) atoms. The Labute approximate surface area is 220 Å². The molecule has 0 saturated carbocycles. The van der Waals surface area contributed by atoms with E-state index in [1.54, 1.807) is 12.1 Å². The fraction of sp³-hybridized carbons (Fsp3) is 0.310. The van der Waals surface area contributed by atoms with Crippen LogP contribution in [0, 0.1) is 5.82 Å². The fourth-order valence-electron chi connectivity index (χ4n) is 3.81. The number of hydrogen-bond acceptors (Lipinski definition) is 3. The zero-order valence-corrected chi connectivity index (χ0v) is 22.3. The number of nitrogens with one attached hydrogen (secondary N) is 1. The number of halogens is 2. The van der Waals surface area contributed by atoms with E-state index in [1.165, 1.54) is 17.0 Å². The van der Waals surface area contributed by atoms with Gasteiger partial charge in [0.1, 0.15) is 17.6 Å². The van der Waals surface area contributed by atoms with Crippen molar-refractivity contribution < 1.29 is 18.7 Å². The largest absolute Gasteiger partial charge is 0.483 e. The Morgan fingerprint density at radius 3 is 2.31 bits per heavy atom. The highest BCUT2D eigenvalue weighted by atomic mass is 79.9. The number of aryl methyl sites for hydroxylation is 1. The van der Waals surface area contributed by atoms with Gasteiger partial charge in [-0.15, -0.1) is 0 Å². The van der Waals surface area contributed by atoms with Crippen LogP contribution in [0.15, 0.2) is 77.3 Å². The summed E-state index contributed by atoms with van der Waals surface area (Å²) in [6.07, 6.45) is 2.01. The van der Waals surface area contributed by atoms with Gasteiger partial charge in [-0.3, -0.25) is 9.59 Å². The number of carbonyl (C=O) groups is 2. The summed E-state index contributed by atoms with van der Waals surface area (Å²) in [5, 5.41) is 2.94. The third-order valence-electron chi connectivity index (χ3n) is 5.84. The number of benzene rings is 3. The summed E-state index contributed by atoms with van der Waals surface area (Å²) >= 11 is 3.51. The highest BCUT2D eigenvalue weighted by molar-refractivity contribution is 9.10. The zero-order valence-electron chi connectivity index (χ0n) is 20.7. The van der Waals surface area contributed by atoms with Crippen molar-refractivity contribution in [2.45, 2.75) is 45.7 Å². The van der Waals surface area contributed by atoms with Crippen molar-refractivity contribution in [1.82, 2.24) is 10.2 Å². The summed E-state index contributed by atoms with van der Waals surface area (Å²) in [5.41, 5.74) is 2.80. The standard InChI is InChI=1S/C29H32BrFN2O3/c1-3-16-32-29(35)26(18-22-8-6-5-7-9-22)33(19-23-10-13-24(31)14-11-23)28(34)20-36-27-15-12-21(4-2)17-25(27)30/h5-15,17,26H,3-4,16,18-20H2,1-2H3,(H,32,35)/t26-/m0/s1. The minimum absolute atomic E-state index is 0.148. The SMILES string of the molecule is CCCNC(=O)[C@H](Cc1ccccc1)N(Cc1ccc(F)cc1)C(=O)COc1ccc(CC)cc1Br. The highest BCUT2D eigenvalue weighted by Crippen LogP contribution is 2.26. The minimum Gasteiger partial charge on any atom is -0.483 e. The molecule has 3 aromatic rings. The predicted octanol–water partition coefficient (Wildman–Crippen LogP) is 5.70. The van der Waals surface area contributed by atoms with Crippen molar-refractivity contribution in [3.8, 4) is 5.75 Å². The van der Waals surface area contributed by atoms with Crippen LogP contribution in [-0.2, 0) is 29.0 Å². The Morgan fingerprint density at radius 2 is 1.67 bits per heavy atom. The van der Waals surface area contributed by atoms with Crippen LogP contribution in [-0.4, -0.2) is 35.9 Å². The molecule has 3 aromatic carbocycles. The molecular weight excluding hydrogens is 523 g/mol. The van der Waals surface area contributed by atoms with Gasteiger partial charge in [0, 0.05) is 19.5 Å². The van der Waals surface area contributed by atoms with Crippen molar-refractivity contribution >= 4 is 27.7 Å². The lowest BCUT2D eigenvalue weighted by molar-refractivity contribution is -0.142. The maximum Gasteiger partial charge on any atom is 0.261 e. The minimum atomic E-state index is -0.758. The molecule has 0 fully saturated rings. The quantitative estimate of drug-likeness (QED) is 0.312. The average Bonchev–Trinajstić information content (AvgIpc) is 2.90. The monoisotopic (exact) mass is 554 g/mol. The van der Waals surface area contributed by atoms with Crippen molar-refractivity contribution in [3.63, 3.8) is 0 Å². The molecule has 0 aliphatic rings. The van der Waals surface area contributed by atoms with Gasteiger partial charge in [-0.25, -0.2) is 4.39 Å². The van der Waals surface area contributed by atoms with Crippen LogP contribution in [0.3, 0.4) is 0 Å². The van der Waals surface area contributed by atoms with Crippen LogP contribution in [0.2, 0.25) is 0 Å². The summed E-state index contributed by atoms with van der Waals surface area (Å²) in [7, 11) is 0. The number of amides is 2. The van der Waals surface area contributed by atoms with E-state index in [4.69, 9.17) is 4.74 Å². The highest BCUT2D eigenvalue weighted by Gasteiger charge is 2.30. The number of nitrogens with zero attached hydrogens (tertiary/aromatic N) is 1. The smallest absolute Gasteiger partial charge is 0.261 e. The Balaban J connectivity index is 1.88. The van der Waals surface area contributed by atoms with E-state index in [0.717, 1.165) is 34.0 Å². The number of carbonyl (C=O) groups excluding carboxylic acids is 2. The lowest BCUT2D eigenvalue weighted by Gasteiger charge is -2.31. The lowest BCUT2D eigenvalue weighted by Crippen LogP contribution is -2.51. The van der Waals surface area contributed by atoms with E-state index < -0.39 is 6.04 Å².